The Hall–Kier alpha value is -2.61. The van der Waals surface area contributed by atoms with Crippen LogP contribution in [0.3, 0.4) is 0 Å². The van der Waals surface area contributed by atoms with Gasteiger partial charge in [0.1, 0.15) is 30.3 Å². The molecule has 0 radical (unpaired) electrons. The Kier molecular flexibility index (Phi) is 8.50. The maximum absolute atomic E-state index is 12.1. The van der Waals surface area contributed by atoms with E-state index in [2.05, 4.69) is 21.9 Å². The molecule has 1 saturated heterocycles. The molecule has 1 N–H and O–H groups in total. The predicted octanol–water partition coefficient (Wildman–Crippen LogP) is 2.10. The van der Waals surface area contributed by atoms with Crippen LogP contribution < -0.4 is 9.47 Å². The van der Waals surface area contributed by atoms with Crippen molar-refractivity contribution in [3.63, 3.8) is 0 Å². The molecular formula is C25H35N3O4. The third-order valence-electron chi connectivity index (χ3n) is 5.52. The quantitative estimate of drug-likeness (QED) is 0.643. The molecule has 32 heavy (non-hydrogen) atoms. The number of rotatable bonds is 9. The van der Waals surface area contributed by atoms with Crippen LogP contribution in [0.25, 0.3) is 0 Å². The maximum atomic E-state index is 12.1. The number of nitrogens with zero attached hydrogens (tertiary/aromatic N) is 3. The number of likely N-dealkylation sites (N-methyl/N-ethyl adjacent to an activating group) is 1. The average molecular weight is 442 g/mol. The molecule has 1 heterocycles. The van der Waals surface area contributed by atoms with Gasteiger partial charge in [-0.2, -0.15) is 0 Å². The van der Waals surface area contributed by atoms with E-state index in [0.717, 1.165) is 17.9 Å². The fraction of sp³-hybridized carbons (Fsp3) is 0.480. The van der Waals surface area contributed by atoms with Crippen molar-refractivity contribution in [1.82, 2.24) is 14.7 Å². The lowest BCUT2D eigenvalue weighted by molar-refractivity contribution is -0.132. The lowest BCUT2D eigenvalue weighted by Gasteiger charge is -2.32. The molecule has 7 nitrogen and oxygen atoms in total. The summed E-state index contributed by atoms with van der Waals surface area (Å²) in [7, 11) is 4.04. The van der Waals surface area contributed by atoms with Gasteiger partial charge in [-0.25, -0.2) is 0 Å². The largest absolute Gasteiger partial charge is 0.492 e. The van der Waals surface area contributed by atoms with Crippen molar-refractivity contribution in [2.24, 2.45) is 0 Å². The Morgan fingerprint density at radius 2 is 1.69 bits per heavy atom. The third-order valence-corrected chi connectivity index (χ3v) is 5.52. The first kappa shape index (κ1) is 24.0. The van der Waals surface area contributed by atoms with E-state index in [1.165, 1.54) is 0 Å². The van der Waals surface area contributed by atoms with E-state index in [1.807, 2.05) is 56.6 Å². The fourth-order valence-electron chi connectivity index (χ4n) is 3.77. The van der Waals surface area contributed by atoms with Gasteiger partial charge in [0.25, 0.3) is 0 Å². The highest BCUT2D eigenvalue weighted by Gasteiger charge is 2.36. The highest BCUT2D eigenvalue weighted by Crippen LogP contribution is 2.20. The molecule has 0 spiro atoms. The van der Waals surface area contributed by atoms with Gasteiger partial charge in [0.2, 0.25) is 5.91 Å². The molecule has 3 rings (SSSR count). The zero-order valence-electron chi connectivity index (χ0n) is 19.4. The van der Waals surface area contributed by atoms with E-state index >= 15 is 0 Å². The van der Waals surface area contributed by atoms with Gasteiger partial charge < -0.3 is 24.4 Å². The topological polar surface area (TPSA) is 65.5 Å². The minimum atomic E-state index is -1.16. The minimum Gasteiger partial charge on any atom is -0.492 e. The normalized spacial score (nSPS) is 19.6. The SMILES string of the molecule is CC(=O)N1CCN(Cc2ccc(OCCN(C)C)cc2)C[C@](O)(COc2ccccc2)C1. The van der Waals surface area contributed by atoms with Crippen LogP contribution in [0.15, 0.2) is 54.6 Å². The van der Waals surface area contributed by atoms with E-state index < -0.39 is 5.60 Å². The number of hydrogen-bond acceptors (Lipinski definition) is 6. The van der Waals surface area contributed by atoms with Crippen molar-refractivity contribution >= 4 is 5.91 Å². The number of para-hydroxylation sites is 1. The highest BCUT2D eigenvalue weighted by atomic mass is 16.5. The Balaban J connectivity index is 1.63. The number of carbonyl (C=O) groups is 1. The van der Waals surface area contributed by atoms with Gasteiger partial charge in [0.05, 0.1) is 6.54 Å². The van der Waals surface area contributed by atoms with Crippen LogP contribution in [0.1, 0.15) is 12.5 Å². The van der Waals surface area contributed by atoms with Gasteiger partial charge in [-0.3, -0.25) is 9.69 Å². The van der Waals surface area contributed by atoms with Crippen molar-refractivity contribution < 1.29 is 19.4 Å². The Morgan fingerprint density at radius 3 is 2.34 bits per heavy atom. The molecule has 1 fully saturated rings. The Bertz CT molecular complexity index is 844. The second-order valence-corrected chi connectivity index (χ2v) is 8.77. The molecule has 7 heteroatoms. The molecule has 1 amide bonds. The predicted molar refractivity (Wildman–Crippen MR) is 125 cm³/mol. The summed E-state index contributed by atoms with van der Waals surface area (Å²) in [5, 5.41) is 11.4. The van der Waals surface area contributed by atoms with Crippen molar-refractivity contribution in [2.45, 2.75) is 19.1 Å². The number of benzene rings is 2. The lowest BCUT2D eigenvalue weighted by Crippen LogP contribution is -2.51. The number of carbonyl (C=O) groups excluding carboxylic acids is 1. The molecule has 1 aliphatic heterocycles. The first-order valence-corrected chi connectivity index (χ1v) is 11.1. The Morgan fingerprint density at radius 1 is 1.00 bits per heavy atom. The van der Waals surface area contributed by atoms with E-state index in [4.69, 9.17) is 9.47 Å². The van der Waals surface area contributed by atoms with Crippen LogP contribution in [-0.2, 0) is 11.3 Å². The summed E-state index contributed by atoms with van der Waals surface area (Å²) in [5.41, 5.74) is -0.0275. The van der Waals surface area contributed by atoms with Gasteiger partial charge in [-0.05, 0) is 43.9 Å². The summed E-state index contributed by atoms with van der Waals surface area (Å²) >= 11 is 0. The lowest BCUT2D eigenvalue weighted by atomic mass is 10.0. The summed E-state index contributed by atoms with van der Waals surface area (Å²) in [6.45, 7) is 5.80. The molecule has 0 aliphatic carbocycles. The van der Waals surface area contributed by atoms with Crippen LogP contribution >= 0.6 is 0 Å². The standard InChI is InChI=1S/C25H35N3O4/c1-21(29)28-14-13-27(17-22-9-11-24(12-10-22)31-16-15-26(2)3)18-25(30,19-28)20-32-23-7-5-4-6-8-23/h4-12,30H,13-20H2,1-3H3/t25-/m1/s1. The highest BCUT2D eigenvalue weighted by molar-refractivity contribution is 5.73. The van der Waals surface area contributed by atoms with Crippen molar-refractivity contribution in [3.8, 4) is 11.5 Å². The number of amides is 1. The van der Waals surface area contributed by atoms with Crippen LogP contribution in [0.4, 0.5) is 0 Å². The Labute approximate surface area is 191 Å². The van der Waals surface area contributed by atoms with E-state index in [1.54, 1.807) is 11.8 Å². The van der Waals surface area contributed by atoms with Gasteiger partial charge in [-0.15, -0.1) is 0 Å². The molecule has 0 saturated carbocycles. The molecule has 2 aromatic rings. The molecule has 0 unspecified atom stereocenters. The molecule has 0 bridgehead atoms. The zero-order valence-corrected chi connectivity index (χ0v) is 19.4. The molecular weight excluding hydrogens is 406 g/mol. The third kappa shape index (κ3) is 7.51. The molecule has 2 aromatic carbocycles. The van der Waals surface area contributed by atoms with Gasteiger partial charge in [0.15, 0.2) is 0 Å². The summed E-state index contributed by atoms with van der Waals surface area (Å²) < 4.78 is 11.6. The van der Waals surface area contributed by atoms with Crippen molar-refractivity contribution in [1.29, 1.82) is 0 Å². The summed E-state index contributed by atoms with van der Waals surface area (Å²) in [6, 6.07) is 17.5. The van der Waals surface area contributed by atoms with Gasteiger partial charge in [0, 0.05) is 39.6 Å². The summed E-state index contributed by atoms with van der Waals surface area (Å²) in [4.78, 5) is 18.1. The zero-order chi connectivity index (χ0) is 23.0. The summed E-state index contributed by atoms with van der Waals surface area (Å²) in [6.07, 6.45) is 0. The number of β-amino-alcohol motifs (C(OH)–C–C–N with tert-alkyl or cyclic N) is 1. The average Bonchev–Trinajstić information content (AvgIpc) is 2.93. The van der Waals surface area contributed by atoms with Crippen LogP contribution in [0.5, 0.6) is 11.5 Å². The fourth-order valence-corrected chi connectivity index (χ4v) is 3.77. The molecule has 174 valence electrons. The smallest absolute Gasteiger partial charge is 0.219 e. The maximum Gasteiger partial charge on any atom is 0.219 e. The van der Waals surface area contributed by atoms with Gasteiger partial charge in [-0.1, -0.05) is 30.3 Å². The van der Waals surface area contributed by atoms with Gasteiger partial charge >= 0.3 is 0 Å². The van der Waals surface area contributed by atoms with Crippen LogP contribution in [-0.4, -0.2) is 91.3 Å². The van der Waals surface area contributed by atoms with E-state index in [0.29, 0.717) is 38.5 Å². The monoisotopic (exact) mass is 441 g/mol. The van der Waals surface area contributed by atoms with Crippen LogP contribution in [0, 0.1) is 0 Å². The van der Waals surface area contributed by atoms with Crippen molar-refractivity contribution in [2.75, 3.05) is 60.0 Å². The summed E-state index contributed by atoms with van der Waals surface area (Å²) in [5.74, 6) is 1.52. The second kappa shape index (κ2) is 11.3. The molecule has 0 aromatic heterocycles. The number of hydrogen-bond donors (Lipinski definition) is 1. The second-order valence-electron chi connectivity index (χ2n) is 8.77. The molecule has 1 atom stereocenters. The first-order valence-electron chi connectivity index (χ1n) is 11.1. The minimum absolute atomic E-state index is 0.0378. The number of aliphatic hydroxyl groups is 1. The number of ether oxygens (including phenoxy) is 2. The van der Waals surface area contributed by atoms with Crippen molar-refractivity contribution in [3.05, 3.63) is 60.2 Å². The van der Waals surface area contributed by atoms with E-state index in [-0.39, 0.29) is 19.1 Å². The first-order chi connectivity index (χ1) is 15.3. The van der Waals surface area contributed by atoms with Crippen LogP contribution in [0.2, 0.25) is 0 Å². The van der Waals surface area contributed by atoms with E-state index in [9.17, 15) is 9.90 Å². The molecule has 1 aliphatic rings.